The Labute approximate surface area is 145 Å². The van der Waals surface area contributed by atoms with E-state index in [9.17, 15) is 23.3 Å². The summed E-state index contributed by atoms with van der Waals surface area (Å²) in [5.41, 5.74) is 0.232. The fourth-order valence-electron chi connectivity index (χ4n) is 1.88. The standard InChI is InChI=1S/C16H11ClF3N3O2/c1-10(12-3-2-4-14(9-12)23(24)25)21-22-15(17)11-5-7-13(8-6-11)16(18,19)20/h2-9H,1H3/b21-10+,22-15-. The van der Waals surface area contributed by atoms with Gasteiger partial charge >= 0.3 is 6.18 Å². The Bertz CT molecular complexity index is 846. The Balaban J connectivity index is 2.23. The molecule has 2 aromatic rings. The average molecular weight is 370 g/mol. The summed E-state index contributed by atoms with van der Waals surface area (Å²) in [5, 5.41) is 18.3. The van der Waals surface area contributed by atoms with Gasteiger partial charge in [0, 0.05) is 23.3 Å². The van der Waals surface area contributed by atoms with Crippen molar-refractivity contribution in [2.75, 3.05) is 0 Å². The summed E-state index contributed by atoms with van der Waals surface area (Å²) < 4.78 is 37.6. The molecule has 0 saturated heterocycles. The van der Waals surface area contributed by atoms with Crippen molar-refractivity contribution in [2.45, 2.75) is 13.1 Å². The molecule has 0 radical (unpaired) electrons. The fourth-order valence-corrected chi connectivity index (χ4v) is 2.04. The number of non-ortho nitro benzene ring substituents is 1. The monoisotopic (exact) mass is 369 g/mol. The molecule has 5 nitrogen and oxygen atoms in total. The lowest BCUT2D eigenvalue weighted by molar-refractivity contribution is -0.384. The van der Waals surface area contributed by atoms with Crippen LogP contribution in [0.15, 0.2) is 58.7 Å². The van der Waals surface area contributed by atoms with Gasteiger partial charge < -0.3 is 0 Å². The first-order chi connectivity index (χ1) is 11.7. The molecule has 2 rings (SSSR count). The molecule has 0 aliphatic rings. The quantitative estimate of drug-likeness (QED) is 0.431. The van der Waals surface area contributed by atoms with Crippen LogP contribution in [-0.2, 0) is 6.18 Å². The number of rotatable bonds is 4. The summed E-state index contributed by atoms with van der Waals surface area (Å²) in [5.74, 6) is 0. The lowest BCUT2D eigenvalue weighted by Gasteiger charge is -2.06. The second-order valence-corrected chi connectivity index (χ2v) is 5.32. The SMILES string of the molecule is C/C(=N\N=C(/Cl)c1ccc(C(F)(F)F)cc1)c1cccc([N+](=O)[O-])c1. The van der Waals surface area contributed by atoms with E-state index < -0.39 is 16.7 Å². The minimum Gasteiger partial charge on any atom is -0.258 e. The number of nitro benzene ring substituents is 1. The zero-order valence-electron chi connectivity index (χ0n) is 12.8. The van der Waals surface area contributed by atoms with E-state index in [4.69, 9.17) is 11.6 Å². The molecule has 0 aromatic heterocycles. The summed E-state index contributed by atoms with van der Waals surface area (Å²) in [6.07, 6.45) is -4.43. The van der Waals surface area contributed by atoms with E-state index >= 15 is 0 Å². The lowest BCUT2D eigenvalue weighted by Crippen LogP contribution is -2.05. The Morgan fingerprint density at radius 2 is 1.72 bits per heavy atom. The lowest BCUT2D eigenvalue weighted by atomic mass is 10.1. The molecular weight excluding hydrogens is 359 g/mol. The highest BCUT2D eigenvalue weighted by Gasteiger charge is 2.30. The van der Waals surface area contributed by atoms with Crippen LogP contribution in [0.4, 0.5) is 18.9 Å². The highest BCUT2D eigenvalue weighted by atomic mass is 35.5. The van der Waals surface area contributed by atoms with Gasteiger partial charge in [0.1, 0.15) is 0 Å². The van der Waals surface area contributed by atoms with Gasteiger partial charge in [0.15, 0.2) is 5.17 Å². The highest BCUT2D eigenvalue weighted by Crippen LogP contribution is 2.29. The van der Waals surface area contributed by atoms with Crippen molar-refractivity contribution in [3.05, 3.63) is 75.3 Å². The molecule has 0 heterocycles. The van der Waals surface area contributed by atoms with E-state index in [0.717, 1.165) is 12.1 Å². The minimum absolute atomic E-state index is 0.0927. The molecule has 130 valence electrons. The van der Waals surface area contributed by atoms with Crippen LogP contribution in [0.5, 0.6) is 0 Å². The Kier molecular flexibility index (Phi) is 5.53. The third-order valence-corrected chi connectivity index (χ3v) is 3.51. The van der Waals surface area contributed by atoms with Gasteiger partial charge in [-0.05, 0) is 19.1 Å². The maximum absolute atomic E-state index is 12.5. The van der Waals surface area contributed by atoms with E-state index in [2.05, 4.69) is 10.2 Å². The number of hydrogen-bond acceptors (Lipinski definition) is 4. The largest absolute Gasteiger partial charge is 0.416 e. The van der Waals surface area contributed by atoms with Crippen molar-refractivity contribution in [2.24, 2.45) is 10.2 Å². The molecular formula is C16H11ClF3N3O2. The summed E-state index contributed by atoms with van der Waals surface area (Å²) in [7, 11) is 0. The first kappa shape index (κ1) is 18.6. The fraction of sp³-hybridized carbons (Fsp3) is 0.125. The van der Waals surface area contributed by atoms with Crippen LogP contribution in [0.25, 0.3) is 0 Å². The molecule has 0 aliphatic heterocycles. The smallest absolute Gasteiger partial charge is 0.258 e. The molecule has 0 amide bonds. The van der Waals surface area contributed by atoms with Crippen LogP contribution in [0.2, 0.25) is 0 Å². The van der Waals surface area contributed by atoms with E-state index in [-0.39, 0.29) is 16.4 Å². The van der Waals surface area contributed by atoms with Gasteiger partial charge in [-0.15, -0.1) is 5.10 Å². The summed E-state index contributed by atoms with van der Waals surface area (Å²) >= 11 is 5.94. The first-order valence-electron chi connectivity index (χ1n) is 6.88. The summed E-state index contributed by atoms with van der Waals surface area (Å²) in [4.78, 5) is 10.2. The summed E-state index contributed by atoms with van der Waals surface area (Å²) in [6.45, 7) is 1.58. The second kappa shape index (κ2) is 7.43. The van der Waals surface area contributed by atoms with Gasteiger partial charge in [-0.3, -0.25) is 10.1 Å². The van der Waals surface area contributed by atoms with Gasteiger partial charge in [-0.25, -0.2) is 0 Å². The molecule has 0 spiro atoms. The van der Waals surface area contributed by atoms with Crippen LogP contribution in [0.1, 0.15) is 23.6 Å². The molecule has 0 unspecified atom stereocenters. The zero-order chi connectivity index (χ0) is 18.6. The van der Waals surface area contributed by atoms with Crippen LogP contribution in [0.3, 0.4) is 0 Å². The maximum atomic E-state index is 12.5. The Morgan fingerprint density at radius 1 is 1.08 bits per heavy atom. The number of nitrogens with zero attached hydrogens (tertiary/aromatic N) is 3. The Hall–Kier alpha value is -2.74. The van der Waals surface area contributed by atoms with E-state index in [1.165, 1.54) is 30.3 Å². The van der Waals surface area contributed by atoms with Crippen molar-refractivity contribution in [1.82, 2.24) is 0 Å². The summed E-state index contributed by atoms with van der Waals surface area (Å²) in [6, 6.07) is 9.96. The van der Waals surface area contributed by atoms with Crippen molar-refractivity contribution in [1.29, 1.82) is 0 Å². The first-order valence-corrected chi connectivity index (χ1v) is 7.26. The van der Waals surface area contributed by atoms with Crippen molar-refractivity contribution < 1.29 is 18.1 Å². The molecule has 2 aromatic carbocycles. The molecule has 9 heteroatoms. The van der Waals surface area contributed by atoms with Crippen molar-refractivity contribution in [3.63, 3.8) is 0 Å². The van der Waals surface area contributed by atoms with E-state index in [1.807, 2.05) is 0 Å². The number of benzene rings is 2. The van der Waals surface area contributed by atoms with Gasteiger partial charge in [-0.1, -0.05) is 35.9 Å². The predicted octanol–water partition coefficient (Wildman–Crippen LogP) is 5.02. The maximum Gasteiger partial charge on any atom is 0.416 e. The van der Waals surface area contributed by atoms with Crippen LogP contribution >= 0.6 is 11.6 Å². The van der Waals surface area contributed by atoms with Gasteiger partial charge in [0.05, 0.1) is 16.2 Å². The van der Waals surface area contributed by atoms with Gasteiger partial charge in [0.2, 0.25) is 0 Å². The number of nitro groups is 1. The van der Waals surface area contributed by atoms with Crippen LogP contribution in [0, 0.1) is 10.1 Å². The third kappa shape index (κ3) is 4.87. The molecule has 0 N–H and O–H groups in total. The normalized spacial score (nSPS) is 13.0. The molecule has 0 aliphatic carbocycles. The number of alkyl halides is 3. The van der Waals surface area contributed by atoms with Crippen molar-refractivity contribution >= 4 is 28.2 Å². The van der Waals surface area contributed by atoms with E-state index in [0.29, 0.717) is 11.3 Å². The number of halogens is 4. The molecule has 25 heavy (non-hydrogen) atoms. The molecule has 0 saturated carbocycles. The average Bonchev–Trinajstić information content (AvgIpc) is 2.58. The topological polar surface area (TPSA) is 67.9 Å². The Morgan fingerprint density at radius 3 is 2.28 bits per heavy atom. The van der Waals surface area contributed by atoms with Crippen LogP contribution < -0.4 is 0 Å². The third-order valence-electron chi connectivity index (χ3n) is 3.21. The highest BCUT2D eigenvalue weighted by molar-refractivity contribution is 6.69. The molecule has 0 fully saturated rings. The predicted molar refractivity (Wildman–Crippen MR) is 89.1 cm³/mol. The van der Waals surface area contributed by atoms with Gasteiger partial charge in [-0.2, -0.15) is 18.3 Å². The minimum atomic E-state index is -4.43. The molecule has 0 atom stereocenters. The second-order valence-electron chi connectivity index (χ2n) is 4.96. The van der Waals surface area contributed by atoms with Crippen LogP contribution in [-0.4, -0.2) is 15.8 Å². The van der Waals surface area contributed by atoms with E-state index in [1.54, 1.807) is 13.0 Å². The zero-order valence-corrected chi connectivity index (χ0v) is 13.5. The molecule has 0 bridgehead atoms. The van der Waals surface area contributed by atoms with Gasteiger partial charge in [0.25, 0.3) is 5.69 Å². The number of hydrogen-bond donors (Lipinski definition) is 0. The van der Waals surface area contributed by atoms with Crippen molar-refractivity contribution in [3.8, 4) is 0 Å².